The molecule has 0 aliphatic carbocycles. The van der Waals surface area contributed by atoms with E-state index in [2.05, 4.69) is 15.3 Å². The van der Waals surface area contributed by atoms with Crippen LogP contribution in [0.3, 0.4) is 0 Å². The van der Waals surface area contributed by atoms with Crippen molar-refractivity contribution in [2.24, 2.45) is 0 Å². The van der Waals surface area contributed by atoms with Crippen molar-refractivity contribution in [1.82, 2.24) is 9.97 Å². The quantitative estimate of drug-likeness (QED) is 0.471. The van der Waals surface area contributed by atoms with E-state index in [1.807, 2.05) is 0 Å². The van der Waals surface area contributed by atoms with Crippen molar-refractivity contribution in [1.29, 1.82) is 0 Å². The number of halogens is 3. The van der Waals surface area contributed by atoms with Crippen LogP contribution in [0, 0.1) is 10.1 Å². The molecule has 1 heterocycles. The van der Waals surface area contributed by atoms with Gasteiger partial charge < -0.3 is 10.4 Å². The van der Waals surface area contributed by atoms with Crippen molar-refractivity contribution < 1.29 is 18.8 Å². The maximum absolute atomic E-state index is 12.0. The van der Waals surface area contributed by atoms with Gasteiger partial charge >= 0.3 is 5.69 Å². The molecule has 1 aromatic heterocycles. The molecule has 1 aromatic rings. The fourth-order valence-electron chi connectivity index (χ4n) is 0.908. The highest BCUT2D eigenvalue weighted by molar-refractivity contribution is 6.28. The number of nitrogens with one attached hydrogen (secondary N) is 1. The minimum atomic E-state index is -2.96. The number of hydrogen-bond acceptors (Lipinski definition) is 6. The van der Waals surface area contributed by atoms with E-state index in [9.17, 15) is 18.9 Å². The number of nitro groups is 1. The van der Waals surface area contributed by atoms with Gasteiger partial charge in [0.1, 0.15) is 12.3 Å². The lowest BCUT2D eigenvalue weighted by Crippen LogP contribution is -2.27. The van der Waals surface area contributed by atoms with Gasteiger partial charge in [0.25, 0.3) is 6.43 Å². The first-order valence-electron chi connectivity index (χ1n) is 4.29. The lowest BCUT2D eigenvalue weighted by molar-refractivity contribution is -0.384. The van der Waals surface area contributed by atoms with Gasteiger partial charge in [0.05, 0.1) is 4.92 Å². The molecule has 2 N–H and O–H groups in total. The lowest BCUT2D eigenvalue weighted by atomic mass is 10.3. The first-order valence-corrected chi connectivity index (χ1v) is 4.66. The summed E-state index contributed by atoms with van der Waals surface area (Å²) in [5.74, 6) is -0.324. The van der Waals surface area contributed by atoms with Gasteiger partial charge in [-0.1, -0.05) is 0 Å². The third kappa shape index (κ3) is 3.71. The molecule has 0 radical (unpaired) electrons. The first kappa shape index (κ1) is 13.5. The monoisotopic (exact) mass is 268 g/mol. The van der Waals surface area contributed by atoms with E-state index >= 15 is 0 Å². The molecule has 0 aromatic carbocycles. The van der Waals surface area contributed by atoms with Crippen LogP contribution in [-0.4, -0.2) is 39.1 Å². The second-order valence-electron chi connectivity index (χ2n) is 2.91. The molecular formula is C7H7ClF2N4O3. The van der Waals surface area contributed by atoms with Crippen LogP contribution in [-0.2, 0) is 0 Å². The van der Waals surface area contributed by atoms with Gasteiger partial charge in [-0.3, -0.25) is 10.1 Å². The Bertz CT molecular complexity index is 420. The molecule has 0 amide bonds. The second kappa shape index (κ2) is 5.64. The van der Waals surface area contributed by atoms with E-state index in [1.165, 1.54) is 0 Å². The zero-order chi connectivity index (χ0) is 13.0. The molecule has 0 aliphatic heterocycles. The van der Waals surface area contributed by atoms with Gasteiger partial charge in [-0.2, -0.15) is 4.98 Å². The van der Waals surface area contributed by atoms with Crippen LogP contribution < -0.4 is 5.32 Å². The molecular weight excluding hydrogens is 262 g/mol. The Morgan fingerprint density at radius 1 is 1.65 bits per heavy atom. The van der Waals surface area contributed by atoms with Crippen LogP contribution in [0.25, 0.3) is 0 Å². The maximum atomic E-state index is 12.0. The van der Waals surface area contributed by atoms with Crippen LogP contribution in [0.5, 0.6) is 0 Å². The van der Waals surface area contributed by atoms with E-state index in [1.54, 1.807) is 0 Å². The normalized spacial score (nSPS) is 12.5. The third-order valence-electron chi connectivity index (χ3n) is 1.71. The molecule has 17 heavy (non-hydrogen) atoms. The van der Waals surface area contributed by atoms with E-state index in [0.29, 0.717) is 0 Å². The largest absolute Gasteiger partial charge is 0.385 e. The number of aromatic nitrogens is 2. The summed E-state index contributed by atoms with van der Waals surface area (Å²) in [6.45, 7) is -0.591. The number of anilines is 1. The fraction of sp³-hybridized carbons (Fsp3) is 0.429. The van der Waals surface area contributed by atoms with E-state index < -0.39 is 29.7 Å². The summed E-state index contributed by atoms with van der Waals surface area (Å²) in [5.41, 5.74) is -0.518. The number of hydrogen-bond donors (Lipinski definition) is 2. The van der Waals surface area contributed by atoms with Crippen LogP contribution in [0.1, 0.15) is 0 Å². The van der Waals surface area contributed by atoms with Crippen LogP contribution in [0.2, 0.25) is 5.28 Å². The summed E-state index contributed by atoms with van der Waals surface area (Å²) >= 11 is 5.40. The summed E-state index contributed by atoms with van der Waals surface area (Å²) < 4.78 is 24.0. The Morgan fingerprint density at radius 2 is 2.29 bits per heavy atom. The van der Waals surface area contributed by atoms with Crippen molar-refractivity contribution in [3.8, 4) is 0 Å². The van der Waals surface area contributed by atoms with E-state index in [0.717, 1.165) is 6.20 Å². The number of nitrogens with zero attached hydrogens (tertiary/aromatic N) is 3. The first-order chi connectivity index (χ1) is 7.91. The second-order valence-corrected chi connectivity index (χ2v) is 3.25. The zero-order valence-corrected chi connectivity index (χ0v) is 8.93. The molecule has 0 aliphatic rings. The molecule has 94 valence electrons. The number of aliphatic hydroxyl groups excluding tert-OH is 1. The Labute approximate surface area is 98.6 Å². The molecule has 7 nitrogen and oxygen atoms in total. The van der Waals surface area contributed by atoms with E-state index in [-0.39, 0.29) is 11.1 Å². The maximum Gasteiger partial charge on any atom is 0.329 e. The molecule has 10 heteroatoms. The number of rotatable bonds is 5. The number of alkyl halides is 2. The average molecular weight is 269 g/mol. The SMILES string of the molecule is O=[N+]([O-])c1cnc(Cl)nc1NCC(O)C(F)F. The predicted molar refractivity (Wildman–Crippen MR) is 54.2 cm³/mol. The highest BCUT2D eigenvalue weighted by Gasteiger charge is 2.21. The molecule has 0 bridgehead atoms. The molecule has 0 saturated heterocycles. The average Bonchev–Trinajstić information content (AvgIpc) is 2.25. The molecule has 0 saturated carbocycles. The summed E-state index contributed by atoms with van der Waals surface area (Å²) in [5, 5.41) is 21.3. The predicted octanol–water partition coefficient (Wildman–Crippen LogP) is 1.08. The van der Waals surface area contributed by atoms with Gasteiger partial charge in [0.2, 0.25) is 11.1 Å². The van der Waals surface area contributed by atoms with Gasteiger partial charge in [0.15, 0.2) is 0 Å². The Hall–Kier alpha value is -1.61. The molecule has 1 rings (SSSR count). The van der Waals surface area contributed by atoms with Gasteiger partial charge in [-0.05, 0) is 11.6 Å². The molecule has 1 atom stereocenters. The minimum Gasteiger partial charge on any atom is -0.385 e. The molecule has 0 fully saturated rings. The van der Waals surface area contributed by atoms with Crippen molar-refractivity contribution in [3.63, 3.8) is 0 Å². The van der Waals surface area contributed by atoms with Crippen molar-refractivity contribution in [2.45, 2.75) is 12.5 Å². The Morgan fingerprint density at radius 3 is 2.82 bits per heavy atom. The van der Waals surface area contributed by atoms with Crippen LogP contribution in [0.4, 0.5) is 20.3 Å². The zero-order valence-electron chi connectivity index (χ0n) is 8.18. The van der Waals surface area contributed by atoms with Crippen LogP contribution in [0.15, 0.2) is 6.20 Å². The number of aliphatic hydroxyl groups is 1. The topological polar surface area (TPSA) is 101 Å². The Kier molecular flexibility index (Phi) is 4.46. The summed E-state index contributed by atoms with van der Waals surface area (Å²) in [6, 6.07) is 0. The van der Waals surface area contributed by atoms with Crippen molar-refractivity contribution in [3.05, 3.63) is 21.6 Å². The third-order valence-corrected chi connectivity index (χ3v) is 1.89. The standard InChI is InChI=1S/C7H7ClF2N4O3/c8-7-12-1-3(14(16)17)6(13-7)11-2-4(15)5(9)10/h1,4-5,15H,2H2,(H,11,12,13). The smallest absolute Gasteiger partial charge is 0.329 e. The van der Waals surface area contributed by atoms with Gasteiger partial charge in [-0.15, -0.1) is 0 Å². The van der Waals surface area contributed by atoms with Crippen molar-refractivity contribution in [2.75, 3.05) is 11.9 Å². The van der Waals surface area contributed by atoms with E-state index in [4.69, 9.17) is 16.7 Å². The highest BCUT2D eigenvalue weighted by atomic mass is 35.5. The minimum absolute atomic E-state index is 0.273. The molecule has 1 unspecified atom stereocenters. The molecule has 0 spiro atoms. The van der Waals surface area contributed by atoms with Crippen LogP contribution >= 0.6 is 11.6 Å². The Balaban J connectivity index is 2.82. The summed E-state index contributed by atoms with van der Waals surface area (Å²) in [6.07, 6.45) is -4.07. The lowest BCUT2D eigenvalue weighted by Gasteiger charge is -2.10. The summed E-state index contributed by atoms with van der Waals surface area (Å²) in [4.78, 5) is 16.6. The van der Waals surface area contributed by atoms with Crippen molar-refractivity contribution >= 4 is 23.1 Å². The van der Waals surface area contributed by atoms with Gasteiger partial charge in [-0.25, -0.2) is 13.8 Å². The van der Waals surface area contributed by atoms with Gasteiger partial charge in [0, 0.05) is 6.54 Å². The summed E-state index contributed by atoms with van der Waals surface area (Å²) in [7, 11) is 0. The fourth-order valence-corrected chi connectivity index (χ4v) is 1.04. The highest BCUT2D eigenvalue weighted by Crippen LogP contribution is 2.21.